The third kappa shape index (κ3) is 4.30. The molecule has 80 valence electrons. The summed E-state index contributed by atoms with van der Waals surface area (Å²) in [6.07, 6.45) is 8.23. The Hall–Kier alpha value is -0.990. The molecule has 0 heterocycles. The Morgan fingerprint density at radius 1 is 1.57 bits per heavy atom. The van der Waals surface area contributed by atoms with Gasteiger partial charge in [-0.3, -0.25) is 5.32 Å². The van der Waals surface area contributed by atoms with Crippen LogP contribution in [0.1, 0.15) is 45.4 Å². The van der Waals surface area contributed by atoms with Gasteiger partial charge < -0.3 is 4.74 Å². The van der Waals surface area contributed by atoms with Crippen molar-refractivity contribution in [2.75, 3.05) is 6.61 Å². The molecule has 0 bridgehead atoms. The molecule has 3 nitrogen and oxygen atoms in total. The van der Waals surface area contributed by atoms with E-state index >= 15 is 0 Å². The van der Waals surface area contributed by atoms with Gasteiger partial charge in [0.15, 0.2) is 0 Å². The van der Waals surface area contributed by atoms with Crippen LogP contribution in [0.15, 0.2) is 11.8 Å². The predicted octanol–water partition coefficient (Wildman–Crippen LogP) is 2.97. The van der Waals surface area contributed by atoms with E-state index in [0.29, 0.717) is 6.61 Å². The monoisotopic (exact) mass is 197 g/mol. The van der Waals surface area contributed by atoms with Crippen LogP contribution in [0, 0.1) is 0 Å². The molecule has 1 aliphatic rings. The van der Waals surface area contributed by atoms with E-state index in [4.69, 9.17) is 4.74 Å². The van der Waals surface area contributed by atoms with Gasteiger partial charge >= 0.3 is 6.09 Å². The Morgan fingerprint density at radius 3 is 3.07 bits per heavy atom. The number of hydrogen-bond acceptors (Lipinski definition) is 2. The summed E-state index contributed by atoms with van der Waals surface area (Å²) < 4.78 is 4.99. The van der Waals surface area contributed by atoms with Gasteiger partial charge in [0.25, 0.3) is 0 Å². The highest BCUT2D eigenvalue weighted by molar-refractivity contribution is 5.69. The number of alkyl carbamates (subject to hydrolysis) is 1. The lowest BCUT2D eigenvalue weighted by Gasteiger charge is -2.13. The fourth-order valence-corrected chi connectivity index (χ4v) is 1.43. The molecule has 1 rings (SSSR count). The van der Waals surface area contributed by atoms with Crippen LogP contribution < -0.4 is 5.32 Å². The molecule has 0 aromatic heterocycles. The number of nitrogens with one attached hydrogen (secondary N) is 1. The number of carbonyl (C=O) groups is 1. The number of ether oxygens (including phenoxy) is 1. The van der Waals surface area contributed by atoms with Crippen molar-refractivity contribution in [3.8, 4) is 0 Å². The van der Waals surface area contributed by atoms with Gasteiger partial charge in [0.2, 0.25) is 0 Å². The minimum absolute atomic E-state index is 0.299. The molecule has 3 heteroatoms. The maximum Gasteiger partial charge on any atom is 0.411 e. The first kappa shape index (κ1) is 11.1. The lowest BCUT2D eigenvalue weighted by Crippen LogP contribution is -2.24. The highest BCUT2D eigenvalue weighted by atomic mass is 16.5. The van der Waals surface area contributed by atoms with Gasteiger partial charge in [-0.25, -0.2) is 4.79 Å². The summed E-state index contributed by atoms with van der Waals surface area (Å²) >= 11 is 0. The van der Waals surface area contributed by atoms with Gasteiger partial charge in [0.1, 0.15) is 0 Å². The van der Waals surface area contributed by atoms with Crippen LogP contribution in [0.25, 0.3) is 0 Å². The molecule has 0 atom stereocenters. The predicted molar refractivity (Wildman–Crippen MR) is 55.9 cm³/mol. The summed E-state index contributed by atoms with van der Waals surface area (Å²) in [5.74, 6) is 0. The van der Waals surface area contributed by atoms with Crippen molar-refractivity contribution in [3.63, 3.8) is 0 Å². The third-order valence-corrected chi connectivity index (χ3v) is 2.28. The van der Waals surface area contributed by atoms with E-state index in [-0.39, 0.29) is 6.09 Å². The van der Waals surface area contributed by atoms with Crippen molar-refractivity contribution < 1.29 is 9.53 Å². The smallest absolute Gasteiger partial charge is 0.411 e. The normalized spacial score (nSPS) is 15.9. The molecule has 0 saturated carbocycles. The fourth-order valence-electron chi connectivity index (χ4n) is 1.43. The Balaban J connectivity index is 2.15. The average molecular weight is 197 g/mol. The first-order chi connectivity index (χ1) is 6.83. The van der Waals surface area contributed by atoms with E-state index in [1.165, 1.54) is 12.8 Å². The maximum absolute atomic E-state index is 11.2. The molecule has 0 unspecified atom stereocenters. The van der Waals surface area contributed by atoms with E-state index in [0.717, 1.165) is 31.4 Å². The van der Waals surface area contributed by atoms with E-state index in [9.17, 15) is 4.79 Å². The maximum atomic E-state index is 11.2. The first-order valence-electron chi connectivity index (χ1n) is 5.45. The molecule has 0 radical (unpaired) electrons. The summed E-state index contributed by atoms with van der Waals surface area (Å²) in [5.41, 5.74) is 1.03. The Kier molecular flexibility index (Phi) is 5.12. The fraction of sp³-hybridized carbons (Fsp3) is 0.727. The van der Waals surface area contributed by atoms with Crippen LogP contribution in [0.4, 0.5) is 4.79 Å². The number of allylic oxidation sites excluding steroid dienone is 2. The lowest BCUT2D eigenvalue weighted by molar-refractivity contribution is 0.147. The average Bonchev–Trinajstić information content (AvgIpc) is 2.20. The zero-order chi connectivity index (χ0) is 10.2. The largest absolute Gasteiger partial charge is 0.449 e. The molecule has 0 saturated heterocycles. The highest BCUT2D eigenvalue weighted by Crippen LogP contribution is 2.14. The zero-order valence-corrected chi connectivity index (χ0v) is 8.84. The second-order valence-corrected chi connectivity index (χ2v) is 3.59. The Morgan fingerprint density at radius 2 is 2.43 bits per heavy atom. The molecule has 0 aliphatic heterocycles. The van der Waals surface area contributed by atoms with Gasteiger partial charge in [-0.1, -0.05) is 19.4 Å². The SMILES string of the molecule is CCCCOC(=O)NC1=CCCCC1. The molecule has 1 aliphatic carbocycles. The standard InChI is InChI=1S/C11H19NO2/c1-2-3-9-14-11(13)12-10-7-5-4-6-8-10/h7H,2-6,8-9H2,1H3,(H,12,13). The van der Waals surface area contributed by atoms with Crippen molar-refractivity contribution in [3.05, 3.63) is 11.8 Å². The van der Waals surface area contributed by atoms with Crippen LogP contribution in [-0.2, 0) is 4.74 Å². The number of rotatable bonds is 4. The first-order valence-corrected chi connectivity index (χ1v) is 5.45. The summed E-state index contributed by atoms with van der Waals surface area (Å²) in [6.45, 7) is 2.60. The molecule has 0 aromatic carbocycles. The summed E-state index contributed by atoms with van der Waals surface area (Å²) in [6, 6.07) is 0. The second kappa shape index (κ2) is 6.46. The van der Waals surface area contributed by atoms with Gasteiger partial charge in [-0.15, -0.1) is 0 Å². The molecule has 1 amide bonds. The minimum atomic E-state index is -0.299. The minimum Gasteiger partial charge on any atom is -0.449 e. The topological polar surface area (TPSA) is 38.3 Å². The van der Waals surface area contributed by atoms with E-state index in [1.54, 1.807) is 0 Å². The molecule has 14 heavy (non-hydrogen) atoms. The van der Waals surface area contributed by atoms with Crippen molar-refractivity contribution in [1.82, 2.24) is 5.32 Å². The van der Waals surface area contributed by atoms with Gasteiger partial charge in [-0.05, 0) is 32.1 Å². The summed E-state index contributed by atoms with van der Waals surface area (Å²) in [7, 11) is 0. The molecule has 0 aromatic rings. The molecular weight excluding hydrogens is 178 g/mol. The lowest BCUT2D eigenvalue weighted by atomic mass is 10.1. The molecule has 0 fully saturated rings. The number of hydrogen-bond donors (Lipinski definition) is 1. The summed E-state index contributed by atoms with van der Waals surface area (Å²) in [4.78, 5) is 11.2. The quantitative estimate of drug-likeness (QED) is 0.703. The second-order valence-electron chi connectivity index (χ2n) is 3.59. The van der Waals surface area contributed by atoms with Crippen LogP contribution in [0.2, 0.25) is 0 Å². The molecule has 0 spiro atoms. The van der Waals surface area contributed by atoms with Gasteiger partial charge in [-0.2, -0.15) is 0 Å². The van der Waals surface area contributed by atoms with E-state index in [2.05, 4.69) is 18.3 Å². The van der Waals surface area contributed by atoms with Crippen LogP contribution in [-0.4, -0.2) is 12.7 Å². The van der Waals surface area contributed by atoms with E-state index in [1.807, 2.05) is 0 Å². The van der Waals surface area contributed by atoms with Crippen LogP contribution >= 0.6 is 0 Å². The number of unbranched alkanes of at least 4 members (excludes halogenated alkanes) is 1. The highest BCUT2D eigenvalue weighted by Gasteiger charge is 2.07. The van der Waals surface area contributed by atoms with Crippen molar-refractivity contribution in [2.45, 2.75) is 45.4 Å². The van der Waals surface area contributed by atoms with E-state index < -0.39 is 0 Å². The van der Waals surface area contributed by atoms with Crippen LogP contribution in [0.3, 0.4) is 0 Å². The molecular formula is C11H19NO2. The zero-order valence-electron chi connectivity index (χ0n) is 8.84. The molecule has 1 N–H and O–H groups in total. The van der Waals surface area contributed by atoms with Crippen molar-refractivity contribution in [1.29, 1.82) is 0 Å². The summed E-state index contributed by atoms with van der Waals surface area (Å²) in [5, 5.41) is 2.78. The number of amides is 1. The van der Waals surface area contributed by atoms with Crippen molar-refractivity contribution >= 4 is 6.09 Å². The number of carbonyl (C=O) groups excluding carboxylic acids is 1. The third-order valence-electron chi connectivity index (χ3n) is 2.28. The Bertz CT molecular complexity index is 211. The van der Waals surface area contributed by atoms with Gasteiger partial charge in [0, 0.05) is 5.70 Å². The Labute approximate surface area is 85.5 Å². The van der Waals surface area contributed by atoms with Gasteiger partial charge in [0.05, 0.1) is 6.61 Å². The van der Waals surface area contributed by atoms with Crippen molar-refractivity contribution in [2.24, 2.45) is 0 Å². The van der Waals surface area contributed by atoms with Crippen LogP contribution in [0.5, 0.6) is 0 Å².